The van der Waals surface area contributed by atoms with Crippen molar-refractivity contribution in [2.24, 2.45) is 5.41 Å². The number of rotatable bonds is 6. The zero-order chi connectivity index (χ0) is 12.9. The van der Waals surface area contributed by atoms with Gasteiger partial charge in [0.15, 0.2) is 0 Å². The van der Waals surface area contributed by atoms with E-state index in [2.05, 4.69) is 19.2 Å². The first-order valence-electron chi connectivity index (χ1n) is 5.96. The van der Waals surface area contributed by atoms with Crippen LogP contribution in [0.15, 0.2) is 16.7 Å². The number of hydrogen-bond acceptors (Lipinski definition) is 2. The highest BCUT2D eigenvalue weighted by Crippen LogP contribution is 2.27. The summed E-state index contributed by atoms with van der Waals surface area (Å²) >= 11 is 5.99. The van der Waals surface area contributed by atoms with E-state index in [0.29, 0.717) is 18.0 Å². The average molecular weight is 258 g/mol. The summed E-state index contributed by atoms with van der Waals surface area (Å²) in [5.74, 6) is 1.20. The van der Waals surface area contributed by atoms with Gasteiger partial charge in [-0.25, -0.2) is 0 Å². The van der Waals surface area contributed by atoms with Crippen molar-refractivity contribution in [1.82, 2.24) is 5.32 Å². The van der Waals surface area contributed by atoms with Crippen LogP contribution in [-0.2, 0) is 0 Å². The molecule has 0 bridgehead atoms. The Hall–Kier alpha value is -0.960. The first-order chi connectivity index (χ1) is 8.06. The first kappa shape index (κ1) is 14.1. The molecule has 1 amide bonds. The topological polar surface area (TPSA) is 42.2 Å². The minimum Gasteiger partial charge on any atom is -0.469 e. The molecule has 0 saturated carbocycles. The minimum atomic E-state index is -0.0989. The molecule has 0 aromatic carbocycles. The lowest BCUT2D eigenvalue weighted by molar-refractivity contribution is 0.0931. The molecule has 0 radical (unpaired) electrons. The van der Waals surface area contributed by atoms with Gasteiger partial charge < -0.3 is 9.73 Å². The van der Waals surface area contributed by atoms with Crippen molar-refractivity contribution in [1.29, 1.82) is 0 Å². The van der Waals surface area contributed by atoms with Gasteiger partial charge in [-0.2, -0.15) is 0 Å². The number of alkyl halides is 1. The molecular formula is C13H20ClNO2. The SMILES string of the molecule is CCC(CC)(CCl)CNC(=O)c1coc(C)c1. The van der Waals surface area contributed by atoms with Crippen LogP contribution in [0.2, 0.25) is 0 Å². The lowest BCUT2D eigenvalue weighted by atomic mass is 9.84. The third-order valence-corrected chi connectivity index (χ3v) is 3.97. The lowest BCUT2D eigenvalue weighted by Gasteiger charge is -2.29. The van der Waals surface area contributed by atoms with Crippen LogP contribution in [0.4, 0.5) is 0 Å². The second-order valence-electron chi connectivity index (χ2n) is 4.47. The molecule has 4 heteroatoms. The minimum absolute atomic E-state index is 0.00397. The Morgan fingerprint density at radius 1 is 1.47 bits per heavy atom. The highest BCUT2D eigenvalue weighted by atomic mass is 35.5. The summed E-state index contributed by atoms with van der Waals surface area (Å²) in [4.78, 5) is 11.8. The molecule has 1 rings (SSSR count). The Morgan fingerprint density at radius 2 is 2.12 bits per heavy atom. The molecule has 1 N–H and O–H groups in total. The number of aryl methyl sites for hydroxylation is 1. The fraction of sp³-hybridized carbons (Fsp3) is 0.615. The molecule has 0 unspecified atom stereocenters. The third-order valence-electron chi connectivity index (χ3n) is 3.40. The zero-order valence-electron chi connectivity index (χ0n) is 10.7. The monoisotopic (exact) mass is 257 g/mol. The largest absolute Gasteiger partial charge is 0.469 e. The predicted octanol–water partition coefficient (Wildman–Crippen LogP) is 3.36. The molecule has 0 atom stereocenters. The van der Waals surface area contributed by atoms with Crippen LogP contribution in [0.25, 0.3) is 0 Å². The summed E-state index contributed by atoms with van der Waals surface area (Å²) in [6, 6.07) is 1.73. The molecule has 0 fully saturated rings. The quantitative estimate of drug-likeness (QED) is 0.794. The molecular weight excluding hydrogens is 238 g/mol. The van der Waals surface area contributed by atoms with Crippen molar-refractivity contribution in [3.05, 3.63) is 23.7 Å². The van der Waals surface area contributed by atoms with Gasteiger partial charge in [0, 0.05) is 17.8 Å². The molecule has 1 aromatic heterocycles. The van der Waals surface area contributed by atoms with Crippen molar-refractivity contribution in [3.63, 3.8) is 0 Å². The average Bonchev–Trinajstić information content (AvgIpc) is 2.78. The number of carbonyl (C=O) groups excluding carboxylic acids is 1. The van der Waals surface area contributed by atoms with E-state index < -0.39 is 0 Å². The van der Waals surface area contributed by atoms with Crippen molar-refractivity contribution in [3.8, 4) is 0 Å². The molecule has 96 valence electrons. The van der Waals surface area contributed by atoms with E-state index in [0.717, 1.165) is 18.6 Å². The smallest absolute Gasteiger partial charge is 0.254 e. The molecule has 0 aliphatic heterocycles. The maximum atomic E-state index is 11.8. The maximum absolute atomic E-state index is 11.8. The van der Waals surface area contributed by atoms with Gasteiger partial charge in [-0.05, 0) is 25.8 Å². The molecule has 0 spiro atoms. The van der Waals surface area contributed by atoms with Crippen LogP contribution in [0.1, 0.15) is 42.8 Å². The maximum Gasteiger partial charge on any atom is 0.254 e. The summed E-state index contributed by atoms with van der Waals surface area (Å²) in [7, 11) is 0. The van der Waals surface area contributed by atoms with Gasteiger partial charge in [-0.3, -0.25) is 4.79 Å². The summed E-state index contributed by atoms with van der Waals surface area (Å²) in [6.45, 7) is 6.62. The number of carbonyl (C=O) groups is 1. The summed E-state index contributed by atoms with van der Waals surface area (Å²) in [5, 5.41) is 2.92. The Labute approximate surface area is 108 Å². The molecule has 1 aromatic rings. The van der Waals surface area contributed by atoms with E-state index in [1.54, 1.807) is 6.07 Å². The predicted molar refractivity (Wildman–Crippen MR) is 69.5 cm³/mol. The van der Waals surface area contributed by atoms with Crippen molar-refractivity contribution >= 4 is 17.5 Å². The van der Waals surface area contributed by atoms with E-state index in [4.69, 9.17) is 16.0 Å². The fourth-order valence-electron chi connectivity index (χ4n) is 1.67. The van der Waals surface area contributed by atoms with Gasteiger partial charge in [0.2, 0.25) is 0 Å². The molecule has 0 saturated heterocycles. The Morgan fingerprint density at radius 3 is 2.53 bits per heavy atom. The van der Waals surface area contributed by atoms with E-state index in [-0.39, 0.29) is 11.3 Å². The molecule has 1 heterocycles. The second-order valence-corrected chi connectivity index (χ2v) is 4.74. The Bertz CT molecular complexity index is 361. The number of hydrogen-bond donors (Lipinski definition) is 1. The van der Waals surface area contributed by atoms with E-state index in [1.807, 2.05) is 6.92 Å². The highest BCUT2D eigenvalue weighted by molar-refractivity contribution is 6.18. The van der Waals surface area contributed by atoms with Crippen LogP contribution < -0.4 is 5.32 Å². The van der Waals surface area contributed by atoms with E-state index in [9.17, 15) is 4.79 Å². The Balaban J connectivity index is 2.58. The van der Waals surface area contributed by atoms with Crippen molar-refractivity contribution in [2.75, 3.05) is 12.4 Å². The van der Waals surface area contributed by atoms with E-state index >= 15 is 0 Å². The number of nitrogens with one attached hydrogen (secondary N) is 1. The van der Waals surface area contributed by atoms with Gasteiger partial charge in [-0.1, -0.05) is 13.8 Å². The Kier molecular flexibility index (Phi) is 5.06. The van der Waals surface area contributed by atoms with E-state index in [1.165, 1.54) is 6.26 Å². The summed E-state index contributed by atoms with van der Waals surface area (Å²) in [5.41, 5.74) is 0.564. The van der Waals surface area contributed by atoms with Crippen LogP contribution in [0.5, 0.6) is 0 Å². The van der Waals surface area contributed by atoms with Crippen molar-refractivity contribution < 1.29 is 9.21 Å². The second kappa shape index (κ2) is 6.10. The molecule has 17 heavy (non-hydrogen) atoms. The fourth-order valence-corrected chi connectivity index (χ4v) is 2.14. The third kappa shape index (κ3) is 3.50. The zero-order valence-corrected chi connectivity index (χ0v) is 11.4. The number of furan rings is 1. The van der Waals surface area contributed by atoms with Gasteiger partial charge in [-0.15, -0.1) is 11.6 Å². The molecule has 0 aliphatic carbocycles. The summed E-state index contributed by atoms with van der Waals surface area (Å²) in [6.07, 6.45) is 3.39. The van der Waals surface area contributed by atoms with Crippen LogP contribution in [0, 0.1) is 12.3 Å². The van der Waals surface area contributed by atoms with Crippen molar-refractivity contribution in [2.45, 2.75) is 33.6 Å². The summed E-state index contributed by atoms with van der Waals surface area (Å²) < 4.78 is 5.11. The molecule has 3 nitrogen and oxygen atoms in total. The van der Waals surface area contributed by atoms with Gasteiger partial charge in [0.05, 0.1) is 5.56 Å². The standard InChI is InChI=1S/C13H20ClNO2/c1-4-13(5-2,8-14)9-15-12(16)11-6-10(3)17-7-11/h6-7H,4-5,8-9H2,1-3H3,(H,15,16). The van der Waals surface area contributed by atoms with Crippen LogP contribution >= 0.6 is 11.6 Å². The number of halogens is 1. The first-order valence-corrected chi connectivity index (χ1v) is 6.49. The highest BCUT2D eigenvalue weighted by Gasteiger charge is 2.25. The molecule has 0 aliphatic rings. The van der Waals surface area contributed by atoms with Crippen LogP contribution in [0.3, 0.4) is 0 Å². The van der Waals surface area contributed by atoms with Gasteiger partial charge >= 0.3 is 0 Å². The normalized spacial score (nSPS) is 11.5. The van der Waals surface area contributed by atoms with Gasteiger partial charge in [0.25, 0.3) is 5.91 Å². The number of amides is 1. The van der Waals surface area contributed by atoms with Crippen LogP contribution in [-0.4, -0.2) is 18.3 Å². The van der Waals surface area contributed by atoms with Gasteiger partial charge in [0.1, 0.15) is 12.0 Å². The lowest BCUT2D eigenvalue weighted by Crippen LogP contribution is -2.38.